The summed E-state index contributed by atoms with van der Waals surface area (Å²) in [6.07, 6.45) is -4.26. The molecule has 2 N–H and O–H groups in total. The number of carbonyl (C=O) groups is 2. The Balaban J connectivity index is 0.000000317. The number of anilines is 1. The molecule has 0 aliphatic carbocycles. The molecular weight excluding hydrogens is 550 g/mol. The van der Waals surface area contributed by atoms with Gasteiger partial charge in [-0.2, -0.15) is 31.4 Å². The second-order valence-electron chi connectivity index (χ2n) is 8.93. The van der Waals surface area contributed by atoms with Gasteiger partial charge in [-0.25, -0.2) is 23.4 Å². The summed E-state index contributed by atoms with van der Waals surface area (Å²) in [4.78, 5) is 26.3. The number of halogens is 8. The number of aliphatic carboxylic acids is 2. The van der Waals surface area contributed by atoms with E-state index in [0.29, 0.717) is 39.1 Å². The number of aromatic nitrogens is 3. The molecule has 0 radical (unpaired) electrons. The molecule has 1 atom stereocenters. The number of alkyl halides is 8. The molecule has 4 rings (SSSR count). The Labute approximate surface area is 216 Å². The number of piperidine rings is 1. The zero-order valence-electron chi connectivity index (χ0n) is 20.4. The fourth-order valence-electron chi connectivity index (χ4n) is 4.17. The Morgan fingerprint density at radius 1 is 0.974 bits per heavy atom. The SMILES string of the molecule is Cn1cc(CN2CCC(F)(F)C3(CCN(c4ccccn4)C3)C2)cn1.O=C(O)C(F)(F)F.O=C(O)C(F)(F)F. The Morgan fingerprint density at radius 3 is 2.03 bits per heavy atom. The molecule has 2 aromatic heterocycles. The van der Waals surface area contributed by atoms with E-state index in [2.05, 4.69) is 15.0 Å². The molecule has 0 bridgehead atoms. The van der Waals surface area contributed by atoms with Crippen molar-refractivity contribution in [1.82, 2.24) is 19.7 Å². The highest BCUT2D eigenvalue weighted by Gasteiger charge is 2.59. The monoisotopic (exact) mass is 575 g/mol. The zero-order chi connectivity index (χ0) is 29.6. The van der Waals surface area contributed by atoms with Crippen molar-refractivity contribution in [2.24, 2.45) is 12.5 Å². The number of rotatable bonds is 3. The van der Waals surface area contributed by atoms with Crippen LogP contribution in [0, 0.1) is 5.41 Å². The van der Waals surface area contributed by atoms with E-state index in [4.69, 9.17) is 19.8 Å². The molecule has 2 saturated heterocycles. The fourth-order valence-corrected chi connectivity index (χ4v) is 4.17. The van der Waals surface area contributed by atoms with Crippen molar-refractivity contribution in [3.05, 3.63) is 42.4 Å². The second kappa shape index (κ2) is 12.1. The van der Waals surface area contributed by atoms with Crippen LogP contribution in [-0.2, 0) is 23.2 Å². The van der Waals surface area contributed by atoms with Gasteiger partial charge in [0, 0.05) is 64.1 Å². The first-order valence-electron chi connectivity index (χ1n) is 11.2. The summed E-state index contributed by atoms with van der Waals surface area (Å²) in [5.41, 5.74) is 0.0766. The molecule has 218 valence electrons. The van der Waals surface area contributed by atoms with Crippen LogP contribution in [0.1, 0.15) is 18.4 Å². The molecule has 0 saturated carbocycles. The number of pyridine rings is 1. The summed E-state index contributed by atoms with van der Waals surface area (Å²) in [5, 5.41) is 18.4. The second-order valence-corrected chi connectivity index (χ2v) is 8.93. The maximum atomic E-state index is 14.9. The van der Waals surface area contributed by atoms with Gasteiger partial charge in [0.05, 0.1) is 11.6 Å². The summed E-state index contributed by atoms with van der Waals surface area (Å²) >= 11 is 0. The van der Waals surface area contributed by atoms with Crippen LogP contribution in [-0.4, -0.2) is 86.3 Å². The smallest absolute Gasteiger partial charge is 0.475 e. The van der Waals surface area contributed by atoms with Gasteiger partial charge in [0.25, 0.3) is 5.92 Å². The van der Waals surface area contributed by atoms with Crippen LogP contribution in [0.3, 0.4) is 0 Å². The van der Waals surface area contributed by atoms with Crippen LogP contribution in [0.5, 0.6) is 0 Å². The van der Waals surface area contributed by atoms with Crippen molar-refractivity contribution in [3.8, 4) is 0 Å². The zero-order valence-corrected chi connectivity index (χ0v) is 20.4. The number of likely N-dealkylation sites (tertiary alicyclic amines) is 1. The van der Waals surface area contributed by atoms with Crippen LogP contribution < -0.4 is 4.90 Å². The van der Waals surface area contributed by atoms with E-state index in [-0.39, 0.29) is 6.42 Å². The Morgan fingerprint density at radius 2 is 1.56 bits per heavy atom. The molecular formula is C22H25F8N5O4. The van der Waals surface area contributed by atoms with Gasteiger partial charge in [-0.3, -0.25) is 9.58 Å². The number of hydrogen-bond acceptors (Lipinski definition) is 6. The van der Waals surface area contributed by atoms with E-state index in [1.54, 1.807) is 10.9 Å². The third kappa shape index (κ3) is 8.76. The minimum Gasteiger partial charge on any atom is -0.475 e. The molecule has 9 nitrogen and oxygen atoms in total. The van der Waals surface area contributed by atoms with Gasteiger partial charge in [0.1, 0.15) is 5.82 Å². The van der Waals surface area contributed by atoms with Crippen molar-refractivity contribution in [1.29, 1.82) is 0 Å². The van der Waals surface area contributed by atoms with Crippen molar-refractivity contribution in [3.63, 3.8) is 0 Å². The van der Waals surface area contributed by atoms with Gasteiger partial charge < -0.3 is 15.1 Å². The van der Waals surface area contributed by atoms with E-state index >= 15 is 0 Å². The minimum absolute atomic E-state index is 0.0800. The first kappa shape index (κ1) is 31.7. The van der Waals surface area contributed by atoms with Crippen LogP contribution in [0.25, 0.3) is 0 Å². The Kier molecular flexibility index (Phi) is 9.86. The topological polar surface area (TPSA) is 112 Å². The van der Waals surface area contributed by atoms with Crippen LogP contribution in [0.4, 0.5) is 40.9 Å². The van der Waals surface area contributed by atoms with E-state index in [1.165, 1.54) is 0 Å². The van der Waals surface area contributed by atoms with Gasteiger partial charge in [0.2, 0.25) is 0 Å². The maximum absolute atomic E-state index is 14.9. The first-order chi connectivity index (χ1) is 17.9. The summed E-state index contributed by atoms with van der Waals surface area (Å²) < 4.78 is 95.0. The molecule has 2 aliphatic rings. The summed E-state index contributed by atoms with van der Waals surface area (Å²) in [6, 6.07) is 5.65. The maximum Gasteiger partial charge on any atom is 0.490 e. The third-order valence-corrected chi connectivity index (χ3v) is 6.02. The Hall–Kier alpha value is -3.50. The molecule has 39 heavy (non-hydrogen) atoms. The quantitative estimate of drug-likeness (QED) is 0.532. The number of nitrogens with zero attached hydrogens (tertiary/aromatic N) is 5. The number of hydrogen-bond donors (Lipinski definition) is 2. The molecule has 0 amide bonds. The predicted octanol–water partition coefficient (Wildman–Crippen LogP) is 3.82. The van der Waals surface area contributed by atoms with Crippen LogP contribution >= 0.6 is 0 Å². The highest BCUT2D eigenvalue weighted by Crippen LogP contribution is 2.50. The molecule has 2 fully saturated rings. The van der Waals surface area contributed by atoms with E-state index in [0.717, 1.165) is 11.4 Å². The van der Waals surface area contributed by atoms with Gasteiger partial charge >= 0.3 is 24.3 Å². The van der Waals surface area contributed by atoms with Crippen molar-refractivity contribution in [2.75, 3.05) is 31.1 Å². The largest absolute Gasteiger partial charge is 0.490 e. The standard InChI is InChI=1S/C18H23F2N5.2C2HF3O2/c1-23-11-15(10-22-23)12-24-8-6-18(19,20)17(13-24)5-9-25(14-17)16-4-2-3-7-21-16;2*3-2(4,5)1(6)7/h2-4,7,10-11H,5-6,8-9,12-14H2,1H3;2*(H,6,7). The van der Waals surface area contributed by atoms with Gasteiger partial charge in [-0.1, -0.05) is 6.07 Å². The van der Waals surface area contributed by atoms with Crippen LogP contribution in [0.15, 0.2) is 36.8 Å². The molecule has 0 aromatic carbocycles. The van der Waals surface area contributed by atoms with Gasteiger partial charge in [-0.15, -0.1) is 0 Å². The lowest BCUT2D eigenvalue weighted by Gasteiger charge is -2.45. The molecule has 2 aliphatic heterocycles. The third-order valence-electron chi connectivity index (χ3n) is 6.02. The fraction of sp³-hybridized carbons (Fsp3) is 0.545. The summed E-state index contributed by atoms with van der Waals surface area (Å²) in [5.74, 6) is -7.36. The minimum atomic E-state index is -5.08. The average molecular weight is 575 g/mol. The number of carboxylic acids is 2. The van der Waals surface area contributed by atoms with Gasteiger partial charge in [0.15, 0.2) is 0 Å². The van der Waals surface area contributed by atoms with Crippen molar-refractivity contribution in [2.45, 2.75) is 37.7 Å². The first-order valence-corrected chi connectivity index (χ1v) is 11.2. The molecule has 1 spiro atoms. The predicted molar refractivity (Wildman–Crippen MR) is 119 cm³/mol. The van der Waals surface area contributed by atoms with E-state index in [9.17, 15) is 35.1 Å². The lowest BCUT2D eigenvalue weighted by molar-refractivity contribution is -0.193. The summed E-state index contributed by atoms with van der Waals surface area (Å²) in [7, 11) is 1.87. The molecule has 2 aromatic rings. The van der Waals surface area contributed by atoms with Crippen molar-refractivity contribution >= 4 is 17.8 Å². The lowest BCUT2D eigenvalue weighted by atomic mass is 9.75. The normalized spacial score (nSPS) is 21.0. The molecule has 17 heteroatoms. The number of carboxylic acid groups (broad SMARTS) is 2. The highest BCUT2D eigenvalue weighted by molar-refractivity contribution is 5.73. The average Bonchev–Trinajstić information content (AvgIpc) is 3.44. The summed E-state index contributed by atoms with van der Waals surface area (Å²) in [6.45, 7) is 2.51. The van der Waals surface area contributed by atoms with Gasteiger partial charge in [-0.05, 0) is 18.6 Å². The molecule has 4 heterocycles. The lowest BCUT2D eigenvalue weighted by Crippen LogP contribution is -2.56. The highest BCUT2D eigenvalue weighted by atomic mass is 19.4. The molecule has 1 unspecified atom stereocenters. The van der Waals surface area contributed by atoms with E-state index < -0.39 is 35.6 Å². The van der Waals surface area contributed by atoms with Crippen molar-refractivity contribution < 1.29 is 54.9 Å². The number of aryl methyl sites for hydroxylation is 1. The Bertz CT molecular complexity index is 1090. The van der Waals surface area contributed by atoms with Crippen LogP contribution in [0.2, 0.25) is 0 Å². The van der Waals surface area contributed by atoms with E-state index in [1.807, 2.05) is 42.5 Å².